The first-order valence-electron chi connectivity index (χ1n) is 14.5. The summed E-state index contributed by atoms with van der Waals surface area (Å²) in [5.74, 6) is -2.38. The van der Waals surface area contributed by atoms with E-state index in [9.17, 15) is 24.0 Å². The number of nitrogens with one attached hydrogen (secondary N) is 2. The van der Waals surface area contributed by atoms with Crippen molar-refractivity contribution in [2.24, 2.45) is 11.7 Å². The van der Waals surface area contributed by atoms with Crippen LogP contribution in [0.25, 0.3) is 0 Å². The highest BCUT2D eigenvalue weighted by Crippen LogP contribution is 2.32. The SMILES string of the molecule is CC(COCCOCCOCCCCNc1cccc2c1C(=O)N(C1CCC(=O)NC1=O)C2=O)COCCOCC(N)=O. The molecule has 0 saturated carbocycles. The first kappa shape index (κ1) is 34.1. The maximum Gasteiger partial charge on any atom is 0.264 e. The van der Waals surface area contributed by atoms with Crippen LogP contribution in [0.3, 0.4) is 0 Å². The van der Waals surface area contributed by atoms with Gasteiger partial charge in [-0.25, -0.2) is 0 Å². The molecule has 5 amide bonds. The van der Waals surface area contributed by atoms with Crippen LogP contribution in [-0.4, -0.2) is 113 Å². The Balaban J connectivity index is 1.19. The second-order valence-electron chi connectivity index (χ2n) is 10.3. The van der Waals surface area contributed by atoms with Crippen LogP contribution in [0.2, 0.25) is 0 Å². The van der Waals surface area contributed by atoms with Crippen molar-refractivity contribution in [2.75, 3.05) is 77.9 Å². The molecule has 1 aromatic carbocycles. The second-order valence-corrected chi connectivity index (χ2v) is 10.3. The summed E-state index contributed by atoms with van der Waals surface area (Å²) in [7, 11) is 0. The van der Waals surface area contributed by atoms with Gasteiger partial charge in [0.25, 0.3) is 11.8 Å². The molecule has 0 bridgehead atoms. The Labute approximate surface area is 250 Å². The number of hydrogen-bond donors (Lipinski definition) is 3. The Morgan fingerprint density at radius 2 is 1.58 bits per heavy atom. The summed E-state index contributed by atoms with van der Waals surface area (Å²) in [4.78, 5) is 61.3. The van der Waals surface area contributed by atoms with Crippen LogP contribution in [-0.2, 0) is 38.1 Å². The van der Waals surface area contributed by atoms with Gasteiger partial charge in [-0.2, -0.15) is 0 Å². The van der Waals surface area contributed by atoms with E-state index in [0.29, 0.717) is 71.7 Å². The first-order chi connectivity index (χ1) is 20.8. The third kappa shape index (κ3) is 11.0. The number of imide groups is 2. The first-order valence-corrected chi connectivity index (χ1v) is 14.5. The number of unbranched alkanes of at least 4 members (excludes halogenated alkanes) is 1. The van der Waals surface area contributed by atoms with Gasteiger partial charge in [0.15, 0.2) is 0 Å². The fraction of sp³-hybridized carbons (Fsp3) is 0.621. The normalized spacial score (nSPS) is 17.2. The van der Waals surface area contributed by atoms with Gasteiger partial charge >= 0.3 is 0 Å². The van der Waals surface area contributed by atoms with Gasteiger partial charge in [0.1, 0.15) is 12.6 Å². The minimum atomic E-state index is -0.991. The summed E-state index contributed by atoms with van der Waals surface area (Å²) in [6.07, 6.45) is 1.76. The molecule has 4 N–H and O–H groups in total. The Morgan fingerprint density at radius 3 is 2.26 bits per heavy atom. The molecule has 0 spiro atoms. The predicted octanol–water partition coefficient (Wildman–Crippen LogP) is 0.484. The topological polar surface area (TPSA) is 185 Å². The summed E-state index contributed by atoms with van der Waals surface area (Å²) >= 11 is 0. The number of carbonyl (C=O) groups excluding carboxylic acids is 5. The Morgan fingerprint density at radius 1 is 0.930 bits per heavy atom. The lowest BCUT2D eigenvalue weighted by atomic mass is 10.0. The monoisotopic (exact) mass is 606 g/mol. The van der Waals surface area contributed by atoms with Gasteiger partial charge in [-0.05, 0) is 31.4 Å². The molecule has 2 atom stereocenters. The molecule has 43 heavy (non-hydrogen) atoms. The zero-order valence-corrected chi connectivity index (χ0v) is 24.6. The number of hydrogen-bond acceptors (Lipinski definition) is 11. The maximum absolute atomic E-state index is 13.1. The zero-order valence-electron chi connectivity index (χ0n) is 24.6. The lowest BCUT2D eigenvalue weighted by Crippen LogP contribution is -2.54. The molecule has 1 aromatic rings. The number of rotatable bonds is 22. The van der Waals surface area contributed by atoms with Gasteiger partial charge in [-0.15, -0.1) is 0 Å². The van der Waals surface area contributed by atoms with Crippen LogP contribution in [0.5, 0.6) is 0 Å². The van der Waals surface area contributed by atoms with Gasteiger partial charge in [0.05, 0.1) is 64.0 Å². The minimum absolute atomic E-state index is 0.0777. The quantitative estimate of drug-likeness (QED) is 0.123. The molecule has 14 nitrogen and oxygen atoms in total. The number of primary amides is 1. The second kappa shape index (κ2) is 18.3. The van der Waals surface area contributed by atoms with Crippen molar-refractivity contribution in [3.05, 3.63) is 29.3 Å². The smallest absolute Gasteiger partial charge is 0.264 e. The van der Waals surface area contributed by atoms with Crippen LogP contribution in [0.15, 0.2) is 18.2 Å². The van der Waals surface area contributed by atoms with E-state index in [1.165, 1.54) is 0 Å². The predicted molar refractivity (Wildman–Crippen MR) is 153 cm³/mol. The van der Waals surface area contributed by atoms with Crippen molar-refractivity contribution in [3.63, 3.8) is 0 Å². The Bertz CT molecular complexity index is 1110. The molecule has 14 heteroatoms. The van der Waals surface area contributed by atoms with E-state index < -0.39 is 35.6 Å². The number of nitrogens with two attached hydrogens (primary N) is 1. The lowest BCUT2D eigenvalue weighted by molar-refractivity contribution is -0.136. The van der Waals surface area contributed by atoms with Crippen molar-refractivity contribution in [2.45, 2.75) is 38.6 Å². The van der Waals surface area contributed by atoms with Crippen molar-refractivity contribution in [1.29, 1.82) is 0 Å². The van der Waals surface area contributed by atoms with E-state index in [4.69, 9.17) is 29.4 Å². The molecule has 0 aromatic heterocycles. The third-order valence-corrected chi connectivity index (χ3v) is 6.66. The molecule has 238 valence electrons. The van der Waals surface area contributed by atoms with Crippen LogP contribution in [0, 0.1) is 5.92 Å². The van der Waals surface area contributed by atoms with Gasteiger partial charge in [-0.1, -0.05) is 13.0 Å². The van der Waals surface area contributed by atoms with E-state index in [0.717, 1.165) is 17.7 Å². The number of piperidine rings is 1. The zero-order chi connectivity index (χ0) is 31.0. The van der Waals surface area contributed by atoms with E-state index in [1.54, 1.807) is 18.2 Å². The molecule has 0 aliphatic carbocycles. The molecular formula is C29H42N4O10. The van der Waals surface area contributed by atoms with E-state index >= 15 is 0 Å². The number of nitrogens with zero attached hydrogens (tertiary/aromatic N) is 1. The average molecular weight is 607 g/mol. The number of benzene rings is 1. The van der Waals surface area contributed by atoms with Gasteiger partial charge in [0.2, 0.25) is 17.7 Å². The van der Waals surface area contributed by atoms with Crippen molar-refractivity contribution in [3.8, 4) is 0 Å². The summed E-state index contributed by atoms with van der Waals surface area (Å²) in [5, 5.41) is 5.42. The summed E-state index contributed by atoms with van der Waals surface area (Å²) in [5.41, 5.74) is 6.02. The molecule has 1 fully saturated rings. The molecule has 2 aliphatic rings. The van der Waals surface area contributed by atoms with Gasteiger partial charge in [-0.3, -0.25) is 34.2 Å². The van der Waals surface area contributed by atoms with Crippen LogP contribution >= 0.6 is 0 Å². The number of ether oxygens (including phenoxy) is 5. The molecule has 2 unspecified atom stereocenters. The molecule has 2 aliphatic heterocycles. The minimum Gasteiger partial charge on any atom is -0.384 e. The van der Waals surface area contributed by atoms with Crippen LogP contribution in [0.4, 0.5) is 5.69 Å². The van der Waals surface area contributed by atoms with E-state index in [-0.39, 0.29) is 36.5 Å². The fourth-order valence-corrected chi connectivity index (χ4v) is 4.56. The standard InChI is InChI=1S/C29H42N4O10/c1-20(18-42-15-16-43-19-24(30)34)17-41-14-13-40-12-11-39-10-3-2-9-31-22-6-4-5-21-26(22)29(38)33(28(21)37)23-7-8-25(35)32-27(23)36/h4-6,20,23,31H,2-3,7-19H2,1H3,(H2,30,34)(H,32,35,36). The fourth-order valence-electron chi connectivity index (χ4n) is 4.56. The lowest BCUT2D eigenvalue weighted by Gasteiger charge is -2.27. The van der Waals surface area contributed by atoms with Crippen LogP contribution < -0.4 is 16.4 Å². The summed E-state index contributed by atoms with van der Waals surface area (Å²) in [6.45, 7) is 6.68. The van der Waals surface area contributed by atoms with E-state index in [2.05, 4.69) is 10.6 Å². The number of amides is 5. The van der Waals surface area contributed by atoms with Gasteiger partial charge < -0.3 is 34.7 Å². The molecule has 1 saturated heterocycles. The molecular weight excluding hydrogens is 564 g/mol. The third-order valence-electron chi connectivity index (χ3n) is 6.66. The Hall–Kier alpha value is -3.43. The largest absolute Gasteiger partial charge is 0.384 e. The molecule has 2 heterocycles. The number of fused-ring (bicyclic) bond motifs is 1. The Kier molecular flexibility index (Phi) is 14.5. The highest BCUT2D eigenvalue weighted by molar-refractivity contribution is 6.25. The van der Waals surface area contributed by atoms with Crippen molar-refractivity contribution >= 4 is 35.2 Å². The van der Waals surface area contributed by atoms with Crippen molar-refractivity contribution < 1.29 is 47.7 Å². The summed E-state index contributed by atoms with van der Waals surface area (Å²) in [6, 6.07) is 4.00. The van der Waals surface area contributed by atoms with Gasteiger partial charge in [0, 0.05) is 31.2 Å². The highest BCUT2D eigenvalue weighted by atomic mass is 16.5. The van der Waals surface area contributed by atoms with E-state index in [1.807, 2.05) is 6.92 Å². The summed E-state index contributed by atoms with van der Waals surface area (Å²) < 4.78 is 27.2. The highest BCUT2D eigenvalue weighted by Gasteiger charge is 2.45. The number of carbonyl (C=O) groups is 5. The maximum atomic E-state index is 13.1. The van der Waals surface area contributed by atoms with Crippen molar-refractivity contribution in [1.82, 2.24) is 10.2 Å². The average Bonchev–Trinajstić information content (AvgIpc) is 3.23. The van der Waals surface area contributed by atoms with Crippen LogP contribution in [0.1, 0.15) is 53.3 Å². The number of anilines is 1. The molecule has 0 radical (unpaired) electrons. The molecule has 3 rings (SSSR count).